The number of carboxylic acids is 1. The summed E-state index contributed by atoms with van der Waals surface area (Å²) in [6, 6.07) is -0.0648. The lowest BCUT2D eigenvalue weighted by atomic mass is 9.79. The second kappa shape index (κ2) is 7.50. The van der Waals surface area contributed by atoms with E-state index < -0.39 is 5.97 Å². The number of urea groups is 1. The molecule has 0 heterocycles. The molecule has 5 nitrogen and oxygen atoms in total. The zero-order chi connectivity index (χ0) is 15.3. The summed E-state index contributed by atoms with van der Waals surface area (Å²) in [5.74, 6) is 0.595. The first kappa shape index (κ1) is 16.8. The van der Waals surface area contributed by atoms with Gasteiger partial charge < -0.3 is 15.3 Å². The molecule has 1 saturated carbocycles. The zero-order valence-electron chi connectivity index (χ0n) is 13.1. The van der Waals surface area contributed by atoms with Gasteiger partial charge in [-0.1, -0.05) is 27.7 Å². The van der Waals surface area contributed by atoms with Gasteiger partial charge in [-0.3, -0.25) is 4.79 Å². The molecule has 116 valence electrons. The number of hydrogen-bond donors (Lipinski definition) is 2. The van der Waals surface area contributed by atoms with E-state index in [4.69, 9.17) is 5.11 Å². The van der Waals surface area contributed by atoms with Crippen molar-refractivity contribution in [2.24, 2.45) is 17.8 Å². The summed E-state index contributed by atoms with van der Waals surface area (Å²) in [7, 11) is 0. The number of carboxylic acid groups (broad SMARTS) is 1. The molecule has 0 bridgehead atoms. The number of nitrogens with one attached hydrogen (secondary N) is 1. The molecule has 5 heteroatoms. The summed E-state index contributed by atoms with van der Waals surface area (Å²) in [5, 5.41) is 11.9. The molecule has 0 aromatic rings. The highest BCUT2D eigenvalue weighted by Crippen LogP contribution is 2.29. The number of carbonyl (C=O) groups is 2. The average Bonchev–Trinajstić information content (AvgIpc) is 2.32. The van der Waals surface area contributed by atoms with Crippen LogP contribution in [-0.2, 0) is 4.79 Å². The maximum Gasteiger partial charge on any atom is 0.323 e. The summed E-state index contributed by atoms with van der Waals surface area (Å²) >= 11 is 0. The van der Waals surface area contributed by atoms with E-state index in [0.29, 0.717) is 18.4 Å². The molecule has 20 heavy (non-hydrogen) atoms. The fourth-order valence-electron chi connectivity index (χ4n) is 2.77. The minimum Gasteiger partial charge on any atom is -0.480 e. The molecular weight excluding hydrogens is 256 g/mol. The second-order valence-corrected chi connectivity index (χ2v) is 6.58. The third-order valence-electron chi connectivity index (χ3n) is 4.12. The molecule has 3 atom stereocenters. The number of carbonyl (C=O) groups excluding carboxylic acids is 1. The van der Waals surface area contributed by atoms with Crippen LogP contribution < -0.4 is 5.32 Å². The molecule has 1 aliphatic carbocycles. The highest BCUT2D eigenvalue weighted by molar-refractivity contribution is 5.80. The first-order valence-corrected chi connectivity index (χ1v) is 7.56. The van der Waals surface area contributed by atoms with Crippen molar-refractivity contribution >= 4 is 12.0 Å². The zero-order valence-corrected chi connectivity index (χ0v) is 13.1. The van der Waals surface area contributed by atoms with Crippen molar-refractivity contribution < 1.29 is 14.7 Å². The van der Waals surface area contributed by atoms with E-state index in [1.807, 2.05) is 13.8 Å². The molecule has 0 aromatic carbocycles. The van der Waals surface area contributed by atoms with Crippen molar-refractivity contribution in [3.63, 3.8) is 0 Å². The lowest BCUT2D eigenvalue weighted by molar-refractivity contribution is -0.137. The van der Waals surface area contributed by atoms with Crippen LogP contribution in [0.3, 0.4) is 0 Å². The van der Waals surface area contributed by atoms with Crippen molar-refractivity contribution in [1.82, 2.24) is 10.2 Å². The maximum absolute atomic E-state index is 12.2. The fourth-order valence-corrected chi connectivity index (χ4v) is 2.77. The highest BCUT2D eigenvalue weighted by atomic mass is 16.4. The molecule has 2 amide bonds. The van der Waals surface area contributed by atoms with Crippen LogP contribution in [0.1, 0.15) is 47.0 Å². The third kappa shape index (κ3) is 5.39. The highest BCUT2D eigenvalue weighted by Gasteiger charge is 2.27. The van der Waals surface area contributed by atoms with Crippen molar-refractivity contribution in [2.45, 2.75) is 53.0 Å². The monoisotopic (exact) mass is 284 g/mol. The standard InChI is InChI=1S/C15H28N2O3/c1-10(2)8-17(9-14(18)19)15(20)16-13-6-5-11(3)12(4)7-13/h10-13H,5-9H2,1-4H3,(H,16,20)(H,18,19). The lowest BCUT2D eigenvalue weighted by Crippen LogP contribution is -2.49. The summed E-state index contributed by atoms with van der Waals surface area (Å²) in [5.41, 5.74) is 0. The first-order chi connectivity index (χ1) is 9.29. The second-order valence-electron chi connectivity index (χ2n) is 6.58. The van der Waals surface area contributed by atoms with Crippen LogP contribution >= 0.6 is 0 Å². The smallest absolute Gasteiger partial charge is 0.323 e. The van der Waals surface area contributed by atoms with Gasteiger partial charge in [-0.05, 0) is 37.0 Å². The lowest BCUT2D eigenvalue weighted by Gasteiger charge is -2.34. The van der Waals surface area contributed by atoms with Crippen LogP contribution in [0.2, 0.25) is 0 Å². The van der Waals surface area contributed by atoms with Gasteiger partial charge in [0.25, 0.3) is 0 Å². The molecule has 0 aromatic heterocycles. The molecule has 3 unspecified atom stereocenters. The van der Waals surface area contributed by atoms with Crippen LogP contribution in [0.25, 0.3) is 0 Å². The molecule has 2 N–H and O–H groups in total. The van der Waals surface area contributed by atoms with E-state index in [2.05, 4.69) is 19.2 Å². The van der Waals surface area contributed by atoms with Gasteiger partial charge in [-0.2, -0.15) is 0 Å². The fraction of sp³-hybridized carbons (Fsp3) is 0.867. The number of hydrogen-bond acceptors (Lipinski definition) is 2. The molecule has 1 fully saturated rings. The third-order valence-corrected chi connectivity index (χ3v) is 4.12. The average molecular weight is 284 g/mol. The Morgan fingerprint density at radius 2 is 1.90 bits per heavy atom. The Balaban J connectivity index is 2.54. The van der Waals surface area contributed by atoms with E-state index in [0.717, 1.165) is 19.3 Å². The topological polar surface area (TPSA) is 69.6 Å². The quantitative estimate of drug-likeness (QED) is 0.815. The maximum atomic E-state index is 12.2. The van der Waals surface area contributed by atoms with Crippen molar-refractivity contribution in [1.29, 1.82) is 0 Å². The normalized spacial score (nSPS) is 26.4. The summed E-state index contributed by atoms with van der Waals surface area (Å²) in [6.07, 6.45) is 3.09. The Morgan fingerprint density at radius 3 is 2.40 bits per heavy atom. The van der Waals surface area contributed by atoms with E-state index in [1.54, 1.807) is 0 Å². The summed E-state index contributed by atoms with van der Waals surface area (Å²) < 4.78 is 0. The van der Waals surface area contributed by atoms with Gasteiger partial charge >= 0.3 is 12.0 Å². The summed E-state index contributed by atoms with van der Waals surface area (Å²) in [6.45, 7) is 8.66. The van der Waals surface area contributed by atoms with Crippen molar-refractivity contribution in [3.8, 4) is 0 Å². The molecule has 1 rings (SSSR count). The van der Waals surface area contributed by atoms with Crippen LogP contribution in [-0.4, -0.2) is 41.1 Å². The van der Waals surface area contributed by atoms with E-state index in [9.17, 15) is 9.59 Å². The van der Waals surface area contributed by atoms with Gasteiger partial charge in [0.1, 0.15) is 6.54 Å². The van der Waals surface area contributed by atoms with Crippen LogP contribution in [0.5, 0.6) is 0 Å². The van der Waals surface area contributed by atoms with Crippen LogP contribution in [0, 0.1) is 17.8 Å². The predicted molar refractivity (Wildman–Crippen MR) is 78.5 cm³/mol. The van der Waals surface area contributed by atoms with Gasteiger partial charge in [0, 0.05) is 12.6 Å². The van der Waals surface area contributed by atoms with Gasteiger partial charge in [0.15, 0.2) is 0 Å². The number of rotatable bonds is 5. The van der Waals surface area contributed by atoms with Crippen LogP contribution in [0.15, 0.2) is 0 Å². The first-order valence-electron chi connectivity index (χ1n) is 7.56. The molecule has 0 radical (unpaired) electrons. The Labute approximate surface area is 121 Å². The number of nitrogens with zero attached hydrogens (tertiary/aromatic N) is 1. The van der Waals surface area contributed by atoms with E-state index in [1.165, 1.54) is 4.90 Å². The largest absolute Gasteiger partial charge is 0.480 e. The number of amides is 2. The SMILES string of the molecule is CC(C)CN(CC(=O)O)C(=O)NC1CCC(C)C(C)C1. The molecular formula is C15H28N2O3. The Hall–Kier alpha value is -1.26. The molecule has 0 aliphatic heterocycles. The molecule has 1 aliphatic rings. The minimum atomic E-state index is -0.966. The Morgan fingerprint density at radius 1 is 1.25 bits per heavy atom. The van der Waals surface area contributed by atoms with Crippen LogP contribution in [0.4, 0.5) is 4.79 Å². The van der Waals surface area contributed by atoms with Gasteiger partial charge in [-0.15, -0.1) is 0 Å². The molecule has 0 saturated heterocycles. The predicted octanol–water partition coefficient (Wildman–Crippen LogP) is 2.56. The van der Waals surface area contributed by atoms with Gasteiger partial charge in [0.05, 0.1) is 0 Å². The van der Waals surface area contributed by atoms with Gasteiger partial charge in [0.2, 0.25) is 0 Å². The van der Waals surface area contributed by atoms with Crippen molar-refractivity contribution in [2.75, 3.05) is 13.1 Å². The van der Waals surface area contributed by atoms with Gasteiger partial charge in [-0.25, -0.2) is 4.79 Å². The minimum absolute atomic E-state index is 0.178. The summed E-state index contributed by atoms with van der Waals surface area (Å²) in [4.78, 5) is 24.5. The van der Waals surface area contributed by atoms with E-state index in [-0.39, 0.29) is 24.5 Å². The molecule has 0 spiro atoms. The van der Waals surface area contributed by atoms with Crippen molar-refractivity contribution in [3.05, 3.63) is 0 Å². The number of aliphatic carboxylic acids is 1. The van der Waals surface area contributed by atoms with E-state index >= 15 is 0 Å². The Kier molecular flexibility index (Phi) is 6.30. The Bertz CT molecular complexity index is 344.